The zero-order valence-corrected chi connectivity index (χ0v) is 15.9. The Bertz CT molecular complexity index is 960. The van der Waals surface area contributed by atoms with Gasteiger partial charge in [-0.3, -0.25) is 4.79 Å². The number of hydrogen-bond donors (Lipinski definition) is 2. The van der Waals surface area contributed by atoms with Crippen molar-refractivity contribution in [3.8, 4) is 5.75 Å². The molecule has 6 nitrogen and oxygen atoms in total. The number of ether oxygens (including phenoxy) is 1. The molecule has 1 atom stereocenters. The van der Waals surface area contributed by atoms with Crippen molar-refractivity contribution in [2.75, 3.05) is 6.61 Å². The number of amides is 1. The normalized spacial score (nSPS) is 12.1. The first-order valence-electron chi connectivity index (χ1n) is 9.23. The second kappa shape index (κ2) is 8.61. The summed E-state index contributed by atoms with van der Waals surface area (Å²) in [5, 5.41) is 15.1. The van der Waals surface area contributed by atoms with Gasteiger partial charge in [-0.1, -0.05) is 32.0 Å². The molecule has 0 unspecified atom stereocenters. The number of fused-ring (bicyclic) bond motifs is 1. The lowest BCUT2D eigenvalue weighted by atomic mass is 10.0. The van der Waals surface area contributed by atoms with Crippen molar-refractivity contribution in [3.63, 3.8) is 0 Å². The Morgan fingerprint density at radius 3 is 2.50 bits per heavy atom. The van der Waals surface area contributed by atoms with Gasteiger partial charge in [0.05, 0.1) is 18.6 Å². The summed E-state index contributed by atoms with van der Waals surface area (Å²) < 4.78 is 5.59. The first-order chi connectivity index (χ1) is 13.4. The summed E-state index contributed by atoms with van der Waals surface area (Å²) in [6, 6.07) is 13.1. The fourth-order valence-electron chi connectivity index (χ4n) is 2.92. The third kappa shape index (κ3) is 4.71. The number of aromatic nitrogens is 1. The fraction of sp³-hybridized carbons (Fsp3) is 0.273. The lowest BCUT2D eigenvalue weighted by molar-refractivity contribution is -0.308. The van der Waals surface area contributed by atoms with Gasteiger partial charge in [0.2, 0.25) is 0 Å². The number of para-hydroxylation sites is 1. The maximum atomic E-state index is 12.5. The molecule has 2 aromatic carbocycles. The standard InChI is InChI=1S/C22H24N2O4/c1-14(2)13-28-17-9-7-15(8-10-17)21(25)24-20(22(26)27)11-16-12-23-19-6-4-3-5-18(16)19/h3-10,12,14,20,23H,11,13H2,1-2H3,(H,24,25)(H,26,27)/p-1/t20-/m1/s1. The maximum absolute atomic E-state index is 12.5. The van der Waals surface area contributed by atoms with Crippen LogP contribution in [0.15, 0.2) is 54.7 Å². The van der Waals surface area contributed by atoms with Gasteiger partial charge in [-0.15, -0.1) is 0 Å². The zero-order valence-electron chi connectivity index (χ0n) is 15.9. The smallest absolute Gasteiger partial charge is 0.251 e. The van der Waals surface area contributed by atoms with Gasteiger partial charge < -0.3 is 24.9 Å². The van der Waals surface area contributed by atoms with E-state index in [1.54, 1.807) is 30.5 Å². The number of nitrogens with one attached hydrogen (secondary N) is 2. The van der Waals surface area contributed by atoms with E-state index >= 15 is 0 Å². The molecule has 3 rings (SSSR count). The van der Waals surface area contributed by atoms with Crippen molar-refractivity contribution in [1.29, 1.82) is 0 Å². The molecular formula is C22H23N2O4-. The molecule has 0 saturated heterocycles. The molecule has 0 aliphatic heterocycles. The molecular weight excluding hydrogens is 356 g/mol. The predicted octanol–water partition coefficient (Wildman–Crippen LogP) is 2.29. The predicted molar refractivity (Wildman–Crippen MR) is 105 cm³/mol. The van der Waals surface area contributed by atoms with Crippen molar-refractivity contribution < 1.29 is 19.4 Å². The number of aliphatic carboxylic acids is 1. The van der Waals surface area contributed by atoms with Gasteiger partial charge in [-0.05, 0) is 41.8 Å². The molecule has 0 bridgehead atoms. The number of carboxylic acid groups (broad SMARTS) is 1. The number of benzene rings is 2. The third-order valence-electron chi connectivity index (χ3n) is 4.39. The Kier molecular flexibility index (Phi) is 5.99. The molecule has 2 N–H and O–H groups in total. The summed E-state index contributed by atoms with van der Waals surface area (Å²) in [5.41, 5.74) is 2.09. The van der Waals surface area contributed by atoms with E-state index in [2.05, 4.69) is 24.1 Å². The van der Waals surface area contributed by atoms with E-state index in [1.165, 1.54) is 0 Å². The fourth-order valence-corrected chi connectivity index (χ4v) is 2.92. The summed E-state index contributed by atoms with van der Waals surface area (Å²) >= 11 is 0. The quantitative estimate of drug-likeness (QED) is 0.628. The highest BCUT2D eigenvalue weighted by molar-refractivity contribution is 5.96. The van der Waals surface area contributed by atoms with E-state index in [-0.39, 0.29) is 6.42 Å². The minimum Gasteiger partial charge on any atom is -0.548 e. The number of H-pyrrole nitrogens is 1. The molecule has 0 fully saturated rings. The highest BCUT2D eigenvalue weighted by Crippen LogP contribution is 2.19. The van der Waals surface area contributed by atoms with Crippen LogP contribution in [-0.4, -0.2) is 29.5 Å². The van der Waals surface area contributed by atoms with Crippen molar-refractivity contribution >= 4 is 22.8 Å². The number of rotatable bonds is 8. The SMILES string of the molecule is CC(C)COc1ccc(C(=O)N[C@H](Cc2c[nH]c3ccccc23)C(=O)[O-])cc1. The van der Waals surface area contributed by atoms with Crippen LogP contribution in [0.5, 0.6) is 5.75 Å². The summed E-state index contributed by atoms with van der Waals surface area (Å²) in [4.78, 5) is 27.2. The minimum atomic E-state index is -1.32. The van der Waals surface area contributed by atoms with E-state index in [0.29, 0.717) is 23.8 Å². The molecule has 1 aromatic heterocycles. The maximum Gasteiger partial charge on any atom is 0.251 e. The van der Waals surface area contributed by atoms with Gasteiger partial charge in [0, 0.05) is 29.1 Å². The second-order valence-corrected chi connectivity index (χ2v) is 7.14. The first kappa shape index (κ1) is 19.5. The van der Waals surface area contributed by atoms with Gasteiger partial charge in [-0.25, -0.2) is 0 Å². The second-order valence-electron chi connectivity index (χ2n) is 7.14. The largest absolute Gasteiger partial charge is 0.548 e. The number of carbonyl (C=O) groups is 2. The highest BCUT2D eigenvalue weighted by atomic mass is 16.5. The lowest BCUT2D eigenvalue weighted by Gasteiger charge is -2.19. The van der Waals surface area contributed by atoms with Crippen LogP contribution in [-0.2, 0) is 11.2 Å². The van der Waals surface area contributed by atoms with Crippen LogP contribution in [0.1, 0.15) is 29.8 Å². The van der Waals surface area contributed by atoms with E-state index in [4.69, 9.17) is 4.74 Å². The summed E-state index contributed by atoms with van der Waals surface area (Å²) in [6.45, 7) is 4.69. The van der Waals surface area contributed by atoms with E-state index in [0.717, 1.165) is 16.5 Å². The summed E-state index contributed by atoms with van der Waals surface area (Å²) in [5.74, 6) is -0.725. The van der Waals surface area contributed by atoms with Crippen molar-refractivity contribution in [3.05, 3.63) is 65.9 Å². The monoisotopic (exact) mass is 379 g/mol. The van der Waals surface area contributed by atoms with E-state index < -0.39 is 17.9 Å². The van der Waals surface area contributed by atoms with Crippen molar-refractivity contribution in [2.24, 2.45) is 5.92 Å². The van der Waals surface area contributed by atoms with Gasteiger partial charge in [0.25, 0.3) is 5.91 Å². The summed E-state index contributed by atoms with van der Waals surface area (Å²) in [7, 11) is 0. The number of carbonyl (C=O) groups excluding carboxylic acids is 2. The highest BCUT2D eigenvalue weighted by Gasteiger charge is 2.17. The van der Waals surface area contributed by atoms with Gasteiger partial charge >= 0.3 is 0 Å². The van der Waals surface area contributed by atoms with Crippen LogP contribution in [0.3, 0.4) is 0 Å². The zero-order chi connectivity index (χ0) is 20.1. The number of hydrogen-bond acceptors (Lipinski definition) is 4. The van der Waals surface area contributed by atoms with Crippen molar-refractivity contribution in [2.45, 2.75) is 26.3 Å². The van der Waals surface area contributed by atoms with Crippen LogP contribution >= 0.6 is 0 Å². The average Bonchev–Trinajstić information content (AvgIpc) is 3.09. The van der Waals surface area contributed by atoms with Crippen LogP contribution in [0, 0.1) is 5.92 Å². The van der Waals surface area contributed by atoms with Gasteiger partial charge in [-0.2, -0.15) is 0 Å². The third-order valence-corrected chi connectivity index (χ3v) is 4.39. The lowest BCUT2D eigenvalue weighted by Crippen LogP contribution is -2.49. The Labute approximate surface area is 163 Å². The Morgan fingerprint density at radius 2 is 1.82 bits per heavy atom. The van der Waals surface area contributed by atoms with Crippen molar-refractivity contribution in [1.82, 2.24) is 10.3 Å². The molecule has 6 heteroatoms. The topological polar surface area (TPSA) is 94.2 Å². The Hall–Kier alpha value is -3.28. The number of aromatic amines is 1. The van der Waals surface area contributed by atoms with Crippen LogP contribution in [0.2, 0.25) is 0 Å². The van der Waals surface area contributed by atoms with Gasteiger partial charge in [0.1, 0.15) is 5.75 Å². The van der Waals surface area contributed by atoms with Crippen LogP contribution in [0.25, 0.3) is 10.9 Å². The molecule has 1 heterocycles. The molecule has 0 aliphatic carbocycles. The van der Waals surface area contributed by atoms with Gasteiger partial charge in [0.15, 0.2) is 0 Å². The molecule has 3 aromatic rings. The molecule has 0 saturated carbocycles. The van der Waals surface area contributed by atoms with E-state index in [1.807, 2.05) is 24.3 Å². The molecule has 1 amide bonds. The Morgan fingerprint density at radius 1 is 1.11 bits per heavy atom. The van der Waals surface area contributed by atoms with E-state index in [9.17, 15) is 14.7 Å². The van der Waals surface area contributed by atoms with Crippen LogP contribution < -0.4 is 15.2 Å². The molecule has 0 radical (unpaired) electrons. The molecule has 146 valence electrons. The Balaban J connectivity index is 1.68. The first-order valence-corrected chi connectivity index (χ1v) is 9.23. The molecule has 0 aliphatic rings. The van der Waals surface area contributed by atoms with Crippen LogP contribution in [0.4, 0.5) is 0 Å². The average molecular weight is 379 g/mol. The minimum absolute atomic E-state index is 0.133. The molecule has 28 heavy (non-hydrogen) atoms. The number of carboxylic acids is 1. The molecule has 0 spiro atoms. The summed E-state index contributed by atoms with van der Waals surface area (Å²) in [6.07, 6.45) is 1.89.